The van der Waals surface area contributed by atoms with Crippen LogP contribution in [0.15, 0.2) is 41.0 Å². The first-order chi connectivity index (χ1) is 13.3. The highest BCUT2D eigenvalue weighted by Crippen LogP contribution is 2.35. The molecule has 0 radical (unpaired) electrons. The third kappa shape index (κ3) is 4.61. The first-order valence-corrected chi connectivity index (χ1v) is 9.90. The van der Waals surface area contributed by atoms with Crippen molar-refractivity contribution in [3.05, 3.63) is 41.6 Å². The van der Waals surface area contributed by atoms with E-state index >= 15 is 0 Å². The molecular weight excluding hydrogens is 354 g/mol. The van der Waals surface area contributed by atoms with Gasteiger partial charge in [-0.2, -0.15) is 0 Å². The molecule has 2 aliphatic heterocycles. The molecule has 1 aromatic rings. The van der Waals surface area contributed by atoms with Crippen LogP contribution in [0, 0.1) is 0 Å². The molecule has 0 fully saturated rings. The minimum atomic E-state index is -0.558. The summed E-state index contributed by atoms with van der Waals surface area (Å²) < 4.78 is 5.23. The minimum Gasteiger partial charge on any atom is -0.444 e. The molecule has 6 heteroatoms. The fourth-order valence-corrected chi connectivity index (χ4v) is 3.59. The van der Waals surface area contributed by atoms with Gasteiger partial charge in [0.15, 0.2) is 0 Å². The number of nitrogens with zero attached hydrogens (tertiary/aromatic N) is 2. The fourth-order valence-electron chi connectivity index (χ4n) is 3.59. The molecule has 28 heavy (non-hydrogen) atoms. The summed E-state index contributed by atoms with van der Waals surface area (Å²) in [6, 6.07) is 7.95. The molecule has 1 aromatic carbocycles. The zero-order valence-corrected chi connectivity index (χ0v) is 17.1. The summed E-state index contributed by atoms with van der Waals surface area (Å²) >= 11 is 0. The Kier molecular flexibility index (Phi) is 5.87. The molecule has 0 aliphatic carbocycles. The quantitative estimate of drug-likeness (QED) is 0.835. The summed E-state index contributed by atoms with van der Waals surface area (Å²) in [6.45, 7) is 7.79. The van der Waals surface area contributed by atoms with Gasteiger partial charge >= 0.3 is 6.09 Å². The predicted octanol–water partition coefficient (Wildman–Crippen LogP) is 4.00. The van der Waals surface area contributed by atoms with Crippen molar-refractivity contribution in [2.75, 3.05) is 11.4 Å². The van der Waals surface area contributed by atoms with Gasteiger partial charge in [0.05, 0.1) is 6.04 Å². The number of rotatable bonds is 5. The monoisotopic (exact) mass is 383 g/mol. The number of anilines is 1. The maximum atomic E-state index is 13.1. The van der Waals surface area contributed by atoms with E-state index in [1.165, 1.54) is 5.57 Å². The van der Waals surface area contributed by atoms with Crippen LogP contribution in [-0.4, -0.2) is 35.9 Å². The summed E-state index contributed by atoms with van der Waals surface area (Å²) in [5, 5.41) is 2.67. The van der Waals surface area contributed by atoms with Gasteiger partial charge in [0.25, 0.3) is 0 Å². The molecule has 0 spiro atoms. The lowest BCUT2D eigenvalue weighted by molar-refractivity contribution is -0.118. The van der Waals surface area contributed by atoms with Crippen LogP contribution in [0.4, 0.5) is 10.5 Å². The van der Waals surface area contributed by atoms with Gasteiger partial charge in [-0.25, -0.2) is 4.79 Å². The molecule has 2 heterocycles. The number of allylic oxidation sites excluding steroid dienone is 1. The molecule has 0 aromatic heterocycles. The third-order valence-corrected chi connectivity index (χ3v) is 4.91. The van der Waals surface area contributed by atoms with Crippen LogP contribution in [0.25, 0.3) is 0 Å². The molecule has 1 N–H and O–H groups in total. The highest BCUT2D eigenvalue weighted by Gasteiger charge is 2.37. The van der Waals surface area contributed by atoms with Crippen LogP contribution in [0.3, 0.4) is 0 Å². The standard InChI is InChI=1S/C22H29N3O3/c1-5-15-12-17(24-14-15)19-13-16-8-6-7-9-18(16)25(19)20(26)10-11-23-21(27)28-22(2,3)4/h6-9,14,19H,5,10-13H2,1-4H3,(H,23,27). The first-order valence-electron chi connectivity index (χ1n) is 9.90. The molecule has 1 unspecified atom stereocenters. The van der Waals surface area contributed by atoms with Crippen LogP contribution < -0.4 is 10.2 Å². The largest absolute Gasteiger partial charge is 0.444 e. The van der Waals surface area contributed by atoms with E-state index < -0.39 is 11.7 Å². The molecular formula is C22H29N3O3. The number of nitrogens with one attached hydrogen (secondary N) is 1. The number of carbonyl (C=O) groups is 2. The lowest BCUT2D eigenvalue weighted by atomic mass is 10.0. The Labute approximate surface area is 166 Å². The summed E-state index contributed by atoms with van der Waals surface area (Å²) in [7, 11) is 0. The van der Waals surface area contributed by atoms with E-state index in [0.29, 0.717) is 0 Å². The summed E-state index contributed by atoms with van der Waals surface area (Å²) in [4.78, 5) is 31.3. The minimum absolute atomic E-state index is 0.0151. The number of ether oxygens (including phenoxy) is 1. The SMILES string of the molecule is CCC1=CN=C(C2Cc3ccccc3N2C(=O)CCNC(=O)OC(C)(C)C)C1. The predicted molar refractivity (Wildman–Crippen MR) is 111 cm³/mol. The van der Waals surface area contributed by atoms with Gasteiger partial charge in [0.1, 0.15) is 5.60 Å². The number of para-hydroxylation sites is 1. The second-order valence-corrected chi connectivity index (χ2v) is 8.23. The Morgan fingerprint density at radius 2 is 2.04 bits per heavy atom. The van der Waals surface area contributed by atoms with E-state index in [-0.39, 0.29) is 24.9 Å². The maximum Gasteiger partial charge on any atom is 0.407 e. The average molecular weight is 383 g/mol. The number of hydrogen-bond acceptors (Lipinski definition) is 4. The molecule has 2 amide bonds. The lowest BCUT2D eigenvalue weighted by Crippen LogP contribution is -2.44. The van der Waals surface area contributed by atoms with Crippen LogP contribution in [0.2, 0.25) is 0 Å². The maximum absolute atomic E-state index is 13.1. The van der Waals surface area contributed by atoms with Crippen molar-refractivity contribution in [2.24, 2.45) is 4.99 Å². The van der Waals surface area contributed by atoms with Crippen molar-refractivity contribution < 1.29 is 14.3 Å². The third-order valence-electron chi connectivity index (χ3n) is 4.91. The van der Waals surface area contributed by atoms with Crippen molar-refractivity contribution in [2.45, 2.75) is 65.0 Å². The molecule has 1 atom stereocenters. The number of aliphatic imine (C=N–C) groups is 1. The molecule has 0 saturated carbocycles. The smallest absolute Gasteiger partial charge is 0.407 e. The lowest BCUT2D eigenvalue weighted by Gasteiger charge is -2.26. The second-order valence-electron chi connectivity index (χ2n) is 8.23. The number of carbonyl (C=O) groups excluding carboxylic acids is 2. The summed E-state index contributed by atoms with van der Waals surface area (Å²) in [6.07, 6.45) is 4.23. The van der Waals surface area contributed by atoms with E-state index in [2.05, 4.69) is 23.3 Å². The highest BCUT2D eigenvalue weighted by atomic mass is 16.6. The number of alkyl carbamates (subject to hydrolysis) is 1. The second kappa shape index (κ2) is 8.17. The zero-order valence-electron chi connectivity index (χ0n) is 17.1. The number of amides is 2. The molecule has 3 rings (SSSR count). The fraction of sp³-hybridized carbons (Fsp3) is 0.500. The molecule has 150 valence electrons. The van der Waals surface area contributed by atoms with Crippen LogP contribution in [0.5, 0.6) is 0 Å². The first kappa shape index (κ1) is 20.1. The van der Waals surface area contributed by atoms with E-state index in [0.717, 1.165) is 36.2 Å². The molecule has 0 bridgehead atoms. The normalized spacial score (nSPS) is 18.4. The van der Waals surface area contributed by atoms with Crippen molar-refractivity contribution in [3.63, 3.8) is 0 Å². The molecule has 6 nitrogen and oxygen atoms in total. The Balaban J connectivity index is 1.66. The summed E-state index contributed by atoms with van der Waals surface area (Å²) in [5.74, 6) is -0.0151. The molecule has 2 aliphatic rings. The van der Waals surface area contributed by atoms with E-state index in [9.17, 15) is 9.59 Å². The Morgan fingerprint density at radius 1 is 1.29 bits per heavy atom. The number of benzene rings is 1. The van der Waals surface area contributed by atoms with E-state index in [4.69, 9.17) is 4.74 Å². The van der Waals surface area contributed by atoms with Gasteiger partial charge < -0.3 is 15.0 Å². The van der Waals surface area contributed by atoms with Gasteiger partial charge in [0, 0.05) is 43.4 Å². The highest BCUT2D eigenvalue weighted by molar-refractivity contribution is 6.07. The van der Waals surface area contributed by atoms with Gasteiger partial charge in [-0.15, -0.1) is 0 Å². The van der Waals surface area contributed by atoms with Crippen LogP contribution in [-0.2, 0) is 16.0 Å². The summed E-state index contributed by atoms with van der Waals surface area (Å²) in [5.41, 5.74) is 3.89. The topological polar surface area (TPSA) is 71.0 Å². The van der Waals surface area contributed by atoms with Crippen molar-refractivity contribution >= 4 is 23.4 Å². The molecule has 0 saturated heterocycles. The van der Waals surface area contributed by atoms with E-state index in [1.807, 2.05) is 50.1 Å². The van der Waals surface area contributed by atoms with Gasteiger partial charge in [-0.3, -0.25) is 9.79 Å². The van der Waals surface area contributed by atoms with Gasteiger partial charge in [0.2, 0.25) is 5.91 Å². The van der Waals surface area contributed by atoms with Crippen molar-refractivity contribution in [1.82, 2.24) is 5.32 Å². The Morgan fingerprint density at radius 3 is 2.71 bits per heavy atom. The van der Waals surface area contributed by atoms with Gasteiger partial charge in [-0.05, 0) is 44.4 Å². The van der Waals surface area contributed by atoms with Crippen molar-refractivity contribution in [1.29, 1.82) is 0 Å². The zero-order chi connectivity index (χ0) is 20.3. The number of fused-ring (bicyclic) bond motifs is 1. The average Bonchev–Trinajstić information content (AvgIpc) is 3.24. The van der Waals surface area contributed by atoms with Gasteiger partial charge in [-0.1, -0.05) is 25.1 Å². The van der Waals surface area contributed by atoms with Crippen LogP contribution >= 0.6 is 0 Å². The van der Waals surface area contributed by atoms with Crippen molar-refractivity contribution in [3.8, 4) is 0 Å². The Bertz CT molecular complexity index is 821. The van der Waals surface area contributed by atoms with Crippen LogP contribution in [0.1, 0.15) is 52.5 Å². The van der Waals surface area contributed by atoms with E-state index in [1.54, 1.807) is 0 Å². The number of hydrogen-bond donors (Lipinski definition) is 1. The Hall–Kier alpha value is -2.63.